The number of benzene rings is 1. The van der Waals surface area contributed by atoms with E-state index >= 15 is 0 Å². The van der Waals surface area contributed by atoms with Gasteiger partial charge in [-0.1, -0.05) is 34.9 Å². The Bertz CT molecular complexity index is 600. The highest BCUT2D eigenvalue weighted by atomic mass is 35.5. The van der Waals surface area contributed by atoms with Gasteiger partial charge in [0.1, 0.15) is 0 Å². The number of carbonyl (C=O) groups is 1. The zero-order valence-electron chi connectivity index (χ0n) is 11.2. The lowest BCUT2D eigenvalue weighted by Gasteiger charge is -2.14. The summed E-state index contributed by atoms with van der Waals surface area (Å²) in [5.74, 6) is -0.520. The van der Waals surface area contributed by atoms with Crippen LogP contribution in [0.1, 0.15) is 36.1 Å². The quantitative estimate of drug-likeness (QED) is 0.886. The highest BCUT2D eigenvalue weighted by Crippen LogP contribution is 2.22. The molecular formula is C13H15ClN4O2. The average Bonchev–Trinajstić information content (AvgIpc) is 2.88. The molecule has 1 aromatic heterocycles. The summed E-state index contributed by atoms with van der Waals surface area (Å²) in [6, 6.07) is 7.29. The summed E-state index contributed by atoms with van der Waals surface area (Å²) in [7, 11) is 0. The third-order valence-electron chi connectivity index (χ3n) is 2.67. The van der Waals surface area contributed by atoms with E-state index < -0.39 is 5.91 Å². The number of hydrogen-bond donors (Lipinski definition) is 2. The highest BCUT2D eigenvalue weighted by Gasteiger charge is 2.18. The van der Waals surface area contributed by atoms with Crippen LogP contribution in [0.25, 0.3) is 0 Å². The van der Waals surface area contributed by atoms with E-state index in [1.54, 1.807) is 6.07 Å². The second kappa shape index (κ2) is 6.38. The molecule has 0 saturated carbocycles. The van der Waals surface area contributed by atoms with E-state index in [1.807, 2.05) is 32.0 Å². The topological polar surface area (TPSA) is 80.0 Å². The third-order valence-corrected chi connectivity index (χ3v) is 3.01. The Hall–Kier alpha value is -2.08. The van der Waals surface area contributed by atoms with Gasteiger partial charge in [-0.05, 0) is 25.5 Å². The van der Waals surface area contributed by atoms with Crippen molar-refractivity contribution in [2.24, 2.45) is 0 Å². The van der Waals surface area contributed by atoms with Crippen LogP contribution in [-0.2, 0) is 0 Å². The number of halogens is 1. The highest BCUT2D eigenvalue weighted by molar-refractivity contribution is 6.31. The lowest BCUT2D eigenvalue weighted by atomic mass is 10.1. The first-order chi connectivity index (χ1) is 9.61. The van der Waals surface area contributed by atoms with Crippen LogP contribution in [0.3, 0.4) is 0 Å². The van der Waals surface area contributed by atoms with E-state index in [9.17, 15) is 4.79 Å². The first-order valence-electron chi connectivity index (χ1n) is 6.24. The Morgan fingerprint density at radius 1 is 1.40 bits per heavy atom. The van der Waals surface area contributed by atoms with Crippen molar-refractivity contribution >= 4 is 23.5 Å². The molecule has 0 fully saturated rings. The molecule has 0 unspecified atom stereocenters. The summed E-state index contributed by atoms with van der Waals surface area (Å²) in [4.78, 5) is 12.0. The lowest BCUT2D eigenvalue weighted by Crippen LogP contribution is -2.27. The summed E-state index contributed by atoms with van der Waals surface area (Å²) in [6.45, 7) is 4.36. The Labute approximate surface area is 121 Å². The number of aromatic nitrogens is 2. The van der Waals surface area contributed by atoms with Gasteiger partial charge in [-0.25, -0.2) is 0 Å². The molecule has 1 aromatic carbocycles. The van der Waals surface area contributed by atoms with Crippen molar-refractivity contribution in [3.05, 3.63) is 40.7 Å². The first kappa shape index (κ1) is 14.3. The van der Waals surface area contributed by atoms with E-state index in [-0.39, 0.29) is 17.9 Å². The molecule has 0 spiro atoms. The molecule has 1 atom stereocenters. The summed E-state index contributed by atoms with van der Waals surface area (Å²) in [6.07, 6.45) is 0. The van der Waals surface area contributed by atoms with Crippen molar-refractivity contribution < 1.29 is 9.21 Å². The molecule has 2 aromatic rings. The van der Waals surface area contributed by atoms with E-state index in [4.69, 9.17) is 16.0 Å². The standard InChI is InChI=1S/C13H15ClN4O2/c1-3-15-13-18-17-12(20-13)11(19)16-8(2)9-6-4-5-7-10(9)14/h4-8H,3H2,1-2H3,(H,15,18)(H,16,19)/t8-/m0/s1. The van der Waals surface area contributed by atoms with Gasteiger partial charge in [0, 0.05) is 11.6 Å². The summed E-state index contributed by atoms with van der Waals surface area (Å²) in [5, 5.41) is 13.6. The molecule has 0 saturated heterocycles. The van der Waals surface area contributed by atoms with Gasteiger partial charge in [-0.2, -0.15) is 0 Å². The van der Waals surface area contributed by atoms with Gasteiger partial charge in [0.05, 0.1) is 6.04 Å². The molecule has 7 heteroatoms. The Balaban J connectivity index is 2.05. The molecule has 2 rings (SSSR count). The van der Waals surface area contributed by atoms with Gasteiger partial charge >= 0.3 is 17.8 Å². The Morgan fingerprint density at radius 2 is 2.15 bits per heavy atom. The van der Waals surface area contributed by atoms with E-state index in [1.165, 1.54) is 0 Å². The van der Waals surface area contributed by atoms with Crippen molar-refractivity contribution in [2.75, 3.05) is 11.9 Å². The van der Waals surface area contributed by atoms with Gasteiger partial charge in [0.25, 0.3) is 0 Å². The Kier molecular flexibility index (Phi) is 4.57. The van der Waals surface area contributed by atoms with E-state index in [2.05, 4.69) is 20.8 Å². The van der Waals surface area contributed by atoms with Crippen molar-refractivity contribution in [1.29, 1.82) is 0 Å². The zero-order chi connectivity index (χ0) is 14.5. The van der Waals surface area contributed by atoms with Gasteiger partial charge in [-0.3, -0.25) is 4.79 Å². The Morgan fingerprint density at radius 3 is 2.85 bits per heavy atom. The average molecular weight is 295 g/mol. The SMILES string of the molecule is CCNc1nnc(C(=O)N[C@@H](C)c2ccccc2Cl)o1. The summed E-state index contributed by atoms with van der Waals surface area (Å²) < 4.78 is 5.17. The number of anilines is 1. The van der Waals surface area contributed by atoms with Crippen LogP contribution in [0, 0.1) is 0 Å². The number of rotatable bonds is 5. The maximum absolute atomic E-state index is 12.0. The van der Waals surface area contributed by atoms with Crippen LogP contribution in [0.5, 0.6) is 0 Å². The van der Waals surface area contributed by atoms with Crippen molar-refractivity contribution in [3.63, 3.8) is 0 Å². The second-order valence-corrected chi connectivity index (χ2v) is 4.57. The van der Waals surface area contributed by atoms with Crippen LogP contribution < -0.4 is 10.6 Å². The fourth-order valence-electron chi connectivity index (χ4n) is 1.70. The molecule has 1 amide bonds. The van der Waals surface area contributed by atoms with Crippen LogP contribution in [0.15, 0.2) is 28.7 Å². The smallest absolute Gasteiger partial charge is 0.315 e. The van der Waals surface area contributed by atoms with Gasteiger partial charge in [-0.15, -0.1) is 5.10 Å². The van der Waals surface area contributed by atoms with Gasteiger partial charge in [0.2, 0.25) is 0 Å². The molecule has 0 bridgehead atoms. The largest absolute Gasteiger partial charge is 0.399 e. The molecule has 1 heterocycles. The van der Waals surface area contributed by atoms with Crippen LogP contribution in [-0.4, -0.2) is 22.6 Å². The fraction of sp³-hybridized carbons (Fsp3) is 0.308. The molecule has 2 N–H and O–H groups in total. The first-order valence-corrected chi connectivity index (χ1v) is 6.62. The van der Waals surface area contributed by atoms with E-state index in [0.29, 0.717) is 11.6 Å². The fourth-order valence-corrected chi connectivity index (χ4v) is 2.00. The van der Waals surface area contributed by atoms with Crippen LogP contribution in [0.4, 0.5) is 6.01 Å². The predicted molar refractivity (Wildman–Crippen MR) is 75.8 cm³/mol. The molecule has 0 aliphatic carbocycles. The zero-order valence-corrected chi connectivity index (χ0v) is 11.9. The number of amides is 1. The molecule has 0 aliphatic heterocycles. The monoisotopic (exact) mass is 294 g/mol. The predicted octanol–water partition coefficient (Wildman–Crippen LogP) is 2.65. The lowest BCUT2D eigenvalue weighted by molar-refractivity contribution is 0.0905. The van der Waals surface area contributed by atoms with Crippen molar-refractivity contribution in [1.82, 2.24) is 15.5 Å². The minimum Gasteiger partial charge on any atom is -0.399 e. The second-order valence-electron chi connectivity index (χ2n) is 4.16. The van der Waals surface area contributed by atoms with Crippen LogP contribution >= 0.6 is 11.6 Å². The third kappa shape index (κ3) is 3.27. The molecule has 6 nitrogen and oxygen atoms in total. The number of nitrogens with one attached hydrogen (secondary N) is 2. The van der Waals surface area contributed by atoms with E-state index in [0.717, 1.165) is 5.56 Å². The molecule has 106 valence electrons. The molecule has 20 heavy (non-hydrogen) atoms. The maximum Gasteiger partial charge on any atom is 0.315 e. The number of hydrogen-bond acceptors (Lipinski definition) is 5. The normalized spacial score (nSPS) is 11.9. The minimum absolute atomic E-state index is 0.0835. The molecule has 0 aliphatic rings. The number of carbonyl (C=O) groups excluding carboxylic acids is 1. The maximum atomic E-state index is 12.0. The number of nitrogens with zero attached hydrogens (tertiary/aromatic N) is 2. The minimum atomic E-state index is -0.436. The summed E-state index contributed by atoms with van der Waals surface area (Å²) >= 11 is 6.08. The summed E-state index contributed by atoms with van der Waals surface area (Å²) in [5.41, 5.74) is 0.828. The van der Waals surface area contributed by atoms with Crippen LogP contribution in [0.2, 0.25) is 5.02 Å². The van der Waals surface area contributed by atoms with Gasteiger partial charge in [0.15, 0.2) is 0 Å². The van der Waals surface area contributed by atoms with Crippen molar-refractivity contribution in [2.45, 2.75) is 19.9 Å². The van der Waals surface area contributed by atoms with Crippen molar-refractivity contribution in [3.8, 4) is 0 Å². The molecule has 0 radical (unpaired) electrons. The molecular weight excluding hydrogens is 280 g/mol. The van der Waals surface area contributed by atoms with Gasteiger partial charge < -0.3 is 15.1 Å².